The van der Waals surface area contributed by atoms with Gasteiger partial charge >= 0.3 is 0 Å². The number of hydrogen-bond donors (Lipinski definition) is 0. The van der Waals surface area contributed by atoms with E-state index in [9.17, 15) is 4.39 Å². The van der Waals surface area contributed by atoms with Gasteiger partial charge in [0, 0.05) is 29.3 Å². The predicted molar refractivity (Wildman–Crippen MR) is 88.4 cm³/mol. The molecule has 0 atom stereocenters. The molecule has 2 aliphatic rings. The van der Waals surface area contributed by atoms with Crippen LogP contribution in [0, 0.1) is 5.82 Å². The molecule has 0 unspecified atom stereocenters. The zero-order valence-electron chi connectivity index (χ0n) is 13.2. The molecule has 0 amide bonds. The Bertz CT molecular complexity index is 773. The number of thioether (sulfide) groups is 1. The number of allylic oxidation sites excluding steroid dienone is 1. The molecule has 1 fully saturated rings. The average Bonchev–Trinajstić information content (AvgIpc) is 3.35. The van der Waals surface area contributed by atoms with Crippen LogP contribution in [0.4, 0.5) is 4.39 Å². The van der Waals surface area contributed by atoms with Crippen LogP contribution < -0.4 is 4.74 Å². The summed E-state index contributed by atoms with van der Waals surface area (Å²) in [5, 5.41) is 9.48. The van der Waals surface area contributed by atoms with Crippen molar-refractivity contribution >= 4 is 11.8 Å². The van der Waals surface area contributed by atoms with E-state index >= 15 is 0 Å². The normalized spacial score (nSPS) is 16.5. The summed E-state index contributed by atoms with van der Waals surface area (Å²) in [7, 11) is 0. The van der Waals surface area contributed by atoms with Gasteiger partial charge in [0.15, 0.2) is 11.9 Å². The molecule has 0 bridgehead atoms. The number of nitrogens with zero attached hydrogens (tertiary/aromatic N) is 3. The zero-order valence-corrected chi connectivity index (χ0v) is 14.0. The molecule has 0 radical (unpaired) electrons. The van der Waals surface area contributed by atoms with Crippen LogP contribution in [0.2, 0.25) is 0 Å². The van der Waals surface area contributed by atoms with Crippen LogP contribution in [0.1, 0.15) is 35.7 Å². The second kappa shape index (κ2) is 6.57. The summed E-state index contributed by atoms with van der Waals surface area (Å²) in [6.07, 6.45) is 4.19. The molecule has 2 heterocycles. The first kappa shape index (κ1) is 15.7. The number of fused-ring (bicyclic) bond motifs is 1. The van der Waals surface area contributed by atoms with E-state index in [2.05, 4.69) is 21.3 Å². The monoisotopic (exact) mass is 347 g/mol. The molecule has 2 aromatic rings. The van der Waals surface area contributed by atoms with Gasteiger partial charge in [0.25, 0.3) is 0 Å². The molecule has 5 nitrogen and oxygen atoms in total. The first-order valence-electron chi connectivity index (χ1n) is 7.95. The third kappa shape index (κ3) is 3.06. The summed E-state index contributed by atoms with van der Waals surface area (Å²) in [5.41, 5.74) is 1.57. The molecule has 1 saturated carbocycles. The van der Waals surface area contributed by atoms with Crippen LogP contribution in [0.15, 0.2) is 29.9 Å². The Morgan fingerprint density at radius 1 is 1.38 bits per heavy atom. The van der Waals surface area contributed by atoms with Gasteiger partial charge in [0.1, 0.15) is 17.4 Å². The van der Waals surface area contributed by atoms with Crippen molar-refractivity contribution in [1.82, 2.24) is 14.8 Å². The van der Waals surface area contributed by atoms with Gasteiger partial charge in [0.2, 0.25) is 0 Å². The lowest BCUT2D eigenvalue weighted by Gasteiger charge is -2.20. The predicted octanol–water partition coefficient (Wildman–Crippen LogP) is 3.64. The van der Waals surface area contributed by atoms with E-state index < -0.39 is 0 Å². The lowest BCUT2D eigenvalue weighted by molar-refractivity contribution is -0.0171. The van der Waals surface area contributed by atoms with E-state index in [0.29, 0.717) is 24.8 Å². The largest absolute Gasteiger partial charge is 0.467 e. The highest BCUT2D eigenvalue weighted by atomic mass is 32.2. The highest BCUT2D eigenvalue weighted by Crippen LogP contribution is 2.40. The van der Waals surface area contributed by atoms with Crippen LogP contribution >= 0.6 is 11.8 Å². The Morgan fingerprint density at radius 2 is 2.25 bits per heavy atom. The molecule has 1 aromatic heterocycles. The zero-order chi connectivity index (χ0) is 16.5. The molecule has 24 heavy (non-hydrogen) atoms. The molecule has 126 valence electrons. The van der Waals surface area contributed by atoms with Gasteiger partial charge in [-0.3, -0.25) is 0 Å². The second-order valence-corrected chi connectivity index (χ2v) is 6.91. The van der Waals surface area contributed by atoms with Crippen LogP contribution in [0.5, 0.6) is 5.75 Å². The Hall–Kier alpha value is -1.86. The molecular formula is C17H18FN3O2S. The van der Waals surface area contributed by atoms with Gasteiger partial charge in [-0.15, -0.1) is 16.8 Å². The Morgan fingerprint density at radius 3 is 3.04 bits per heavy atom. The van der Waals surface area contributed by atoms with Gasteiger partial charge < -0.3 is 14.0 Å². The van der Waals surface area contributed by atoms with Crippen molar-refractivity contribution < 1.29 is 13.9 Å². The quantitative estimate of drug-likeness (QED) is 0.590. The fourth-order valence-electron chi connectivity index (χ4n) is 2.86. The standard InChI is InChI=1S/C17H18FN3O2S/c1-2-5-21-16(11-3-4-11)19-20-17(21)24-9-13-7-14(18)6-12-8-22-10-23-15(12)13/h2,6-7,11H,1,3-5,8-10H2. The van der Waals surface area contributed by atoms with E-state index in [0.717, 1.165) is 27.9 Å². The minimum atomic E-state index is -0.273. The Kier molecular flexibility index (Phi) is 4.28. The van der Waals surface area contributed by atoms with Crippen molar-refractivity contribution in [1.29, 1.82) is 0 Å². The van der Waals surface area contributed by atoms with Gasteiger partial charge in [-0.1, -0.05) is 17.8 Å². The molecule has 0 spiro atoms. The molecule has 1 aliphatic carbocycles. The summed E-state index contributed by atoms with van der Waals surface area (Å²) in [6, 6.07) is 2.99. The van der Waals surface area contributed by atoms with Crippen LogP contribution in [-0.2, 0) is 23.6 Å². The van der Waals surface area contributed by atoms with E-state index in [1.54, 1.807) is 11.8 Å². The van der Waals surface area contributed by atoms with Gasteiger partial charge in [-0.05, 0) is 25.0 Å². The first-order valence-corrected chi connectivity index (χ1v) is 8.93. The fraction of sp³-hybridized carbons (Fsp3) is 0.412. The van der Waals surface area contributed by atoms with Crippen molar-refractivity contribution in [3.05, 3.63) is 47.6 Å². The number of rotatable bonds is 6. The van der Waals surface area contributed by atoms with Gasteiger partial charge in [0.05, 0.1) is 6.61 Å². The minimum Gasteiger partial charge on any atom is -0.467 e. The third-order valence-electron chi connectivity index (χ3n) is 4.11. The fourth-order valence-corrected chi connectivity index (χ4v) is 3.78. The van der Waals surface area contributed by atoms with E-state index in [1.165, 1.54) is 25.0 Å². The highest BCUT2D eigenvalue weighted by Gasteiger charge is 2.30. The summed E-state index contributed by atoms with van der Waals surface area (Å²) in [4.78, 5) is 0. The topological polar surface area (TPSA) is 49.2 Å². The van der Waals surface area contributed by atoms with Crippen molar-refractivity contribution in [3.63, 3.8) is 0 Å². The van der Waals surface area contributed by atoms with E-state index in [1.807, 2.05) is 6.08 Å². The Labute approximate surface area is 143 Å². The second-order valence-electron chi connectivity index (χ2n) is 5.97. The summed E-state index contributed by atoms with van der Waals surface area (Å²) in [6.45, 7) is 5.08. The maximum Gasteiger partial charge on any atom is 0.191 e. The van der Waals surface area contributed by atoms with Crippen LogP contribution in [0.3, 0.4) is 0 Å². The van der Waals surface area contributed by atoms with Crippen LogP contribution in [0.25, 0.3) is 0 Å². The molecule has 1 aromatic carbocycles. The number of ether oxygens (including phenoxy) is 2. The van der Waals surface area contributed by atoms with Gasteiger partial charge in [-0.2, -0.15) is 0 Å². The van der Waals surface area contributed by atoms with Crippen molar-refractivity contribution in [3.8, 4) is 5.75 Å². The first-order chi connectivity index (χ1) is 11.8. The maximum absolute atomic E-state index is 13.8. The number of aromatic nitrogens is 3. The number of benzene rings is 1. The van der Waals surface area contributed by atoms with E-state index in [-0.39, 0.29) is 12.6 Å². The van der Waals surface area contributed by atoms with E-state index in [4.69, 9.17) is 9.47 Å². The lowest BCUT2D eigenvalue weighted by Crippen LogP contribution is -2.13. The number of halogens is 1. The van der Waals surface area contributed by atoms with Gasteiger partial charge in [-0.25, -0.2) is 4.39 Å². The number of hydrogen-bond acceptors (Lipinski definition) is 5. The summed E-state index contributed by atoms with van der Waals surface area (Å²) >= 11 is 1.54. The van der Waals surface area contributed by atoms with Crippen molar-refractivity contribution in [2.24, 2.45) is 0 Å². The average molecular weight is 347 g/mol. The summed E-state index contributed by atoms with van der Waals surface area (Å²) < 4.78 is 26.7. The molecule has 7 heteroatoms. The Balaban J connectivity index is 1.57. The van der Waals surface area contributed by atoms with Crippen LogP contribution in [-0.4, -0.2) is 21.6 Å². The molecule has 4 rings (SSSR count). The van der Waals surface area contributed by atoms with Crippen molar-refractivity contribution in [2.45, 2.75) is 42.8 Å². The molecule has 0 saturated heterocycles. The SMILES string of the molecule is C=CCn1c(SCc2cc(F)cc3c2OCOC3)nnc1C1CC1. The molecule has 1 aliphatic heterocycles. The molecule has 0 N–H and O–H groups in total. The molecular weight excluding hydrogens is 329 g/mol. The highest BCUT2D eigenvalue weighted by molar-refractivity contribution is 7.98. The smallest absolute Gasteiger partial charge is 0.191 e. The summed E-state index contributed by atoms with van der Waals surface area (Å²) in [5.74, 6) is 2.58. The maximum atomic E-state index is 13.8. The van der Waals surface area contributed by atoms with Crippen molar-refractivity contribution in [2.75, 3.05) is 6.79 Å². The minimum absolute atomic E-state index is 0.203. The lowest BCUT2D eigenvalue weighted by atomic mass is 10.1. The third-order valence-corrected chi connectivity index (χ3v) is 5.12.